The zero-order chi connectivity index (χ0) is 13.1. The third-order valence-corrected chi connectivity index (χ3v) is 1.97. The second-order valence-corrected chi connectivity index (χ2v) is 3.65. The zero-order valence-electron chi connectivity index (χ0n) is 10.3. The van der Waals surface area contributed by atoms with Gasteiger partial charge in [-0.2, -0.15) is 0 Å². The lowest BCUT2D eigenvalue weighted by atomic mass is 10.1. The molecule has 0 amide bonds. The number of rotatable bonds is 5. The molecule has 4 nitrogen and oxygen atoms in total. The van der Waals surface area contributed by atoms with Gasteiger partial charge in [-0.15, -0.1) is 0 Å². The second-order valence-electron chi connectivity index (χ2n) is 3.65. The summed E-state index contributed by atoms with van der Waals surface area (Å²) in [5, 5.41) is 13.9. The van der Waals surface area contributed by atoms with Gasteiger partial charge >= 0.3 is 6.16 Å². The molecular formula is C13H20O4. The van der Waals surface area contributed by atoms with Crippen LogP contribution in [0.1, 0.15) is 25.8 Å². The molecule has 1 unspecified atom stereocenters. The molecule has 1 aromatic carbocycles. The summed E-state index contributed by atoms with van der Waals surface area (Å²) in [6.45, 7) is 5.13. The van der Waals surface area contributed by atoms with Crippen molar-refractivity contribution in [1.29, 1.82) is 0 Å². The van der Waals surface area contributed by atoms with E-state index in [2.05, 4.69) is 38.1 Å². The number of hydrogen-bond donors (Lipinski definition) is 2. The van der Waals surface area contributed by atoms with Gasteiger partial charge in [0.15, 0.2) is 0 Å². The average molecular weight is 240 g/mol. The Labute approximate surface area is 102 Å². The lowest BCUT2D eigenvalue weighted by Crippen LogP contribution is -2.11. The van der Waals surface area contributed by atoms with E-state index in [9.17, 15) is 0 Å². The van der Waals surface area contributed by atoms with Crippen LogP contribution in [0.5, 0.6) is 0 Å². The first-order chi connectivity index (χ1) is 8.06. The topological polar surface area (TPSA) is 66.8 Å². The van der Waals surface area contributed by atoms with Crippen molar-refractivity contribution in [1.82, 2.24) is 0 Å². The first-order valence-corrected chi connectivity index (χ1v) is 5.63. The number of ether oxygens (including phenoxy) is 1. The Hall–Kier alpha value is -1.55. The number of benzene rings is 1. The van der Waals surface area contributed by atoms with Gasteiger partial charge in [0.1, 0.15) is 0 Å². The maximum atomic E-state index is 8.56. The predicted molar refractivity (Wildman–Crippen MR) is 66.5 cm³/mol. The van der Waals surface area contributed by atoms with Crippen LogP contribution < -0.4 is 0 Å². The van der Waals surface area contributed by atoms with Crippen molar-refractivity contribution in [2.24, 2.45) is 0 Å². The normalized spacial score (nSPS) is 11.2. The van der Waals surface area contributed by atoms with Crippen LogP contribution >= 0.6 is 0 Å². The Morgan fingerprint density at radius 3 is 2.29 bits per heavy atom. The highest BCUT2D eigenvalue weighted by Gasteiger charge is 2.01. The number of carbonyl (C=O) groups is 1. The third-order valence-electron chi connectivity index (χ3n) is 1.97. The maximum absolute atomic E-state index is 8.56. The van der Waals surface area contributed by atoms with E-state index in [1.54, 1.807) is 0 Å². The molecule has 1 rings (SSSR count). The molecule has 2 N–H and O–H groups in total. The summed E-state index contributed by atoms with van der Waals surface area (Å²) in [5.41, 5.74) is 1.35. The van der Waals surface area contributed by atoms with Crippen LogP contribution in [-0.2, 0) is 11.2 Å². The van der Waals surface area contributed by atoms with Crippen molar-refractivity contribution < 1.29 is 19.7 Å². The van der Waals surface area contributed by atoms with E-state index in [4.69, 9.17) is 19.7 Å². The molecule has 0 saturated heterocycles. The molecule has 0 aliphatic carbocycles. The van der Waals surface area contributed by atoms with Crippen LogP contribution in [0.2, 0.25) is 0 Å². The van der Waals surface area contributed by atoms with Crippen molar-refractivity contribution in [3.05, 3.63) is 35.9 Å². The van der Waals surface area contributed by atoms with Gasteiger partial charge in [0, 0.05) is 6.61 Å². The molecule has 96 valence electrons. The molecule has 1 atom stereocenters. The minimum Gasteiger partial charge on any atom is -0.450 e. The van der Waals surface area contributed by atoms with Crippen LogP contribution in [-0.4, -0.2) is 29.1 Å². The Balaban J connectivity index is 0.000000557. The van der Waals surface area contributed by atoms with Crippen LogP contribution in [0.4, 0.5) is 4.79 Å². The van der Waals surface area contributed by atoms with Crippen molar-refractivity contribution in [2.75, 3.05) is 6.61 Å². The molecule has 0 spiro atoms. The van der Waals surface area contributed by atoms with Gasteiger partial charge in [-0.1, -0.05) is 37.3 Å². The van der Waals surface area contributed by atoms with Gasteiger partial charge in [-0.25, -0.2) is 4.79 Å². The summed E-state index contributed by atoms with van der Waals surface area (Å²) in [4.78, 5) is 8.56. The maximum Gasteiger partial charge on any atom is 0.503 e. The summed E-state index contributed by atoms with van der Waals surface area (Å²) in [7, 11) is 0. The second kappa shape index (κ2) is 9.66. The Bertz CT molecular complexity index is 294. The fourth-order valence-electron chi connectivity index (χ4n) is 1.32. The van der Waals surface area contributed by atoms with E-state index in [0.29, 0.717) is 6.10 Å². The lowest BCUT2D eigenvalue weighted by molar-refractivity contribution is 0.0669. The first-order valence-electron chi connectivity index (χ1n) is 5.63. The quantitative estimate of drug-likeness (QED) is 0.829. The molecule has 0 aliphatic rings. The summed E-state index contributed by atoms with van der Waals surface area (Å²) >= 11 is 0. The Morgan fingerprint density at radius 2 is 1.82 bits per heavy atom. The standard InChI is InChI=1S/C12H18O.CH2O3/c1-3-9-13-11(2)10-12-7-5-4-6-8-12;2-1(3)4/h4-8,11H,3,9-10H2,1-2H3;(H2,2,3,4). The highest BCUT2D eigenvalue weighted by molar-refractivity contribution is 5.53. The van der Waals surface area contributed by atoms with Crippen molar-refractivity contribution >= 4 is 6.16 Å². The van der Waals surface area contributed by atoms with Crippen LogP contribution in [0.3, 0.4) is 0 Å². The molecule has 0 saturated carbocycles. The van der Waals surface area contributed by atoms with Gasteiger partial charge in [-0.3, -0.25) is 0 Å². The SMILES string of the molecule is CCCOC(C)Cc1ccccc1.O=C(O)O. The Morgan fingerprint density at radius 1 is 1.29 bits per heavy atom. The van der Waals surface area contributed by atoms with Crippen LogP contribution in [0, 0.1) is 0 Å². The minimum absolute atomic E-state index is 0.336. The molecule has 1 aromatic rings. The van der Waals surface area contributed by atoms with Crippen molar-refractivity contribution in [3.63, 3.8) is 0 Å². The van der Waals surface area contributed by atoms with E-state index < -0.39 is 6.16 Å². The van der Waals surface area contributed by atoms with Crippen molar-refractivity contribution in [3.8, 4) is 0 Å². The van der Waals surface area contributed by atoms with E-state index >= 15 is 0 Å². The molecule has 0 bridgehead atoms. The zero-order valence-corrected chi connectivity index (χ0v) is 10.3. The van der Waals surface area contributed by atoms with Gasteiger partial charge in [0.05, 0.1) is 6.10 Å². The summed E-state index contributed by atoms with van der Waals surface area (Å²) < 4.78 is 5.60. The van der Waals surface area contributed by atoms with E-state index in [-0.39, 0.29) is 0 Å². The highest BCUT2D eigenvalue weighted by Crippen LogP contribution is 2.05. The van der Waals surface area contributed by atoms with Crippen molar-refractivity contribution in [2.45, 2.75) is 32.8 Å². The van der Waals surface area contributed by atoms with Gasteiger partial charge in [0.2, 0.25) is 0 Å². The van der Waals surface area contributed by atoms with E-state index in [1.165, 1.54) is 5.56 Å². The molecule has 4 heteroatoms. The monoisotopic (exact) mass is 240 g/mol. The van der Waals surface area contributed by atoms with Gasteiger partial charge in [-0.05, 0) is 25.3 Å². The molecule has 0 fully saturated rings. The Kier molecular flexibility index (Phi) is 8.78. The van der Waals surface area contributed by atoms with Gasteiger partial charge in [0.25, 0.3) is 0 Å². The predicted octanol–water partition coefficient (Wildman–Crippen LogP) is 3.27. The lowest BCUT2D eigenvalue weighted by Gasteiger charge is -2.11. The van der Waals surface area contributed by atoms with Crippen LogP contribution in [0.25, 0.3) is 0 Å². The molecule has 17 heavy (non-hydrogen) atoms. The molecule has 0 aliphatic heterocycles. The molecular weight excluding hydrogens is 220 g/mol. The molecule has 0 radical (unpaired) electrons. The fourth-order valence-corrected chi connectivity index (χ4v) is 1.32. The van der Waals surface area contributed by atoms with Crippen LogP contribution in [0.15, 0.2) is 30.3 Å². The van der Waals surface area contributed by atoms with E-state index in [1.807, 2.05) is 6.07 Å². The first kappa shape index (κ1) is 15.4. The summed E-state index contributed by atoms with van der Waals surface area (Å²) in [6.07, 6.45) is 0.613. The number of carboxylic acid groups (broad SMARTS) is 2. The fraction of sp³-hybridized carbons (Fsp3) is 0.462. The number of hydrogen-bond acceptors (Lipinski definition) is 2. The molecule has 0 aromatic heterocycles. The van der Waals surface area contributed by atoms with Gasteiger partial charge < -0.3 is 14.9 Å². The average Bonchev–Trinajstić information content (AvgIpc) is 2.27. The largest absolute Gasteiger partial charge is 0.503 e. The summed E-state index contributed by atoms with van der Waals surface area (Å²) in [6, 6.07) is 10.5. The minimum atomic E-state index is -1.83. The van der Waals surface area contributed by atoms with E-state index in [0.717, 1.165) is 19.4 Å². The highest BCUT2D eigenvalue weighted by atomic mass is 16.6. The third kappa shape index (κ3) is 10.7. The summed E-state index contributed by atoms with van der Waals surface area (Å²) in [5.74, 6) is 0. The smallest absolute Gasteiger partial charge is 0.450 e. The molecule has 0 heterocycles.